The van der Waals surface area contributed by atoms with Crippen molar-refractivity contribution in [2.45, 2.75) is 19.5 Å². The zero-order valence-electron chi connectivity index (χ0n) is 12.4. The fourth-order valence-electron chi connectivity index (χ4n) is 2.42. The van der Waals surface area contributed by atoms with Gasteiger partial charge in [-0.2, -0.15) is 0 Å². The molecule has 0 saturated heterocycles. The van der Waals surface area contributed by atoms with E-state index >= 15 is 0 Å². The first kappa shape index (κ1) is 15.2. The van der Waals surface area contributed by atoms with E-state index in [2.05, 4.69) is 10.3 Å². The molecule has 2 aromatic heterocycles. The maximum absolute atomic E-state index is 12.1. The Labute approximate surface area is 135 Å². The number of benzene rings is 1. The van der Waals surface area contributed by atoms with Crippen LogP contribution in [-0.4, -0.2) is 15.5 Å². The van der Waals surface area contributed by atoms with Crippen LogP contribution in [0.25, 0.3) is 10.1 Å². The molecule has 6 nitrogen and oxygen atoms in total. The van der Waals surface area contributed by atoms with E-state index in [1.165, 1.54) is 17.0 Å². The molecule has 0 radical (unpaired) electrons. The van der Waals surface area contributed by atoms with E-state index in [1.807, 2.05) is 36.6 Å². The van der Waals surface area contributed by atoms with Crippen LogP contribution in [0.4, 0.5) is 0 Å². The van der Waals surface area contributed by atoms with Crippen molar-refractivity contribution in [2.75, 3.05) is 0 Å². The lowest BCUT2D eigenvalue weighted by Gasteiger charge is -2.14. The summed E-state index contributed by atoms with van der Waals surface area (Å²) in [5.41, 5.74) is -0.0289. The van der Waals surface area contributed by atoms with Crippen LogP contribution in [0.1, 0.15) is 18.5 Å². The normalized spacial score (nSPS) is 12.2. The fraction of sp³-hybridized carbons (Fsp3) is 0.188. The minimum atomic E-state index is -0.596. The van der Waals surface area contributed by atoms with Crippen molar-refractivity contribution in [2.24, 2.45) is 0 Å². The number of amides is 1. The average molecular weight is 329 g/mol. The lowest BCUT2D eigenvalue weighted by molar-refractivity contribution is -0.122. The molecule has 0 aliphatic heterocycles. The van der Waals surface area contributed by atoms with Crippen molar-refractivity contribution in [3.63, 3.8) is 0 Å². The molecule has 2 N–H and O–H groups in total. The number of hydrogen-bond donors (Lipinski definition) is 2. The van der Waals surface area contributed by atoms with Gasteiger partial charge in [0, 0.05) is 17.0 Å². The van der Waals surface area contributed by atoms with E-state index in [4.69, 9.17) is 0 Å². The van der Waals surface area contributed by atoms with Crippen LogP contribution in [0.5, 0.6) is 0 Å². The summed E-state index contributed by atoms with van der Waals surface area (Å²) in [4.78, 5) is 36.9. The molecular weight excluding hydrogens is 314 g/mol. The van der Waals surface area contributed by atoms with Crippen LogP contribution in [0, 0.1) is 0 Å². The van der Waals surface area contributed by atoms with Crippen LogP contribution >= 0.6 is 11.3 Å². The Bertz CT molecular complexity index is 970. The number of hydrogen-bond acceptors (Lipinski definition) is 4. The Balaban J connectivity index is 1.74. The Morgan fingerprint density at radius 2 is 2.09 bits per heavy atom. The predicted molar refractivity (Wildman–Crippen MR) is 89.7 cm³/mol. The third-order valence-corrected chi connectivity index (χ3v) is 4.55. The Kier molecular flexibility index (Phi) is 4.12. The van der Waals surface area contributed by atoms with Crippen molar-refractivity contribution in [1.29, 1.82) is 0 Å². The van der Waals surface area contributed by atoms with Crippen molar-refractivity contribution in [3.05, 3.63) is 68.3 Å². The number of nitrogens with zero attached hydrogens (tertiary/aromatic N) is 1. The predicted octanol–water partition coefficient (Wildman–Crippen LogP) is 1.63. The molecule has 1 aromatic carbocycles. The molecule has 0 spiro atoms. The quantitative estimate of drug-likeness (QED) is 0.763. The van der Waals surface area contributed by atoms with Crippen molar-refractivity contribution in [3.8, 4) is 0 Å². The zero-order chi connectivity index (χ0) is 16.4. The molecule has 118 valence electrons. The van der Waals surface area contributed by atoms with Crippen molar-refractivity contribution >= 4 is 27.3 Å². The largest absolute Gasteiger partial charge is 0.348 e. The number of aromatic nitrogens is 2. The first-order valence-corrected chi connectivity index (χ1v) is 7.98. The van der Waals surface area contributed by atoms with Crippen LogP contribution in [-0.2, 0) is 11.3 Å². The highest BCUT2D eigenvalue weighted by Crippen LogP contribution is 2.29. The highest BCUT2D eigenvalue weighted by molar-refractivity contribution is 7.17. The van der Waals surface area contributed by atoms with Gasteiger partial charge in [0.25, 0.3) is 5.56 Å². The summed E-state index contributed by atoms with van der Waals surface area (Å²) in [5.74, 6) is -0.290. The number of fused-ring (bicyclic) bond motifs is 1. The highest BCUT2D eigenvalue weighted by Gasteiger charge is 2.14. The molecule has 0 bridgehead atoms. The van der Waals surface area contributed by atoms with Gasteiger partial charge >= 0.3 is 5.69 Å². The van der Waals surface area contributed by atoms with Crippen molar-refractivity contribution < 1.29 is 4.79 Å². The second-order valence-electron chi connectivity index (χ2n) is 5.21. The van der Waals surface area contributed by atoms with Crippen molar-refractivity contribution in [1.82, 2.24) is 14.9 Å². The van der Waals surface area contributed by atoms with Gasteiger partial charge in [-0.3, -0.25) is 19.1 Å². The van der Waals surface area contributed by atoms with Crippen LogP contribution < -0.4 is 16.6 Å². The topological polar surface area (TPSA) is 84.0 Å². The third kappa shape index (κ3) is 3.24. The second kappa shape index (κ2) is 6.21. The molecule has 7 heteroatoms. The summed E-state index contributed by atoms with van der Waals surface area (Å²) >= 11 is 1.63. The van der Waals surface area contributed by atoms with E-state index in [1.54, 1.807) is 11.3 Å². The molecule has 1 unspecified atom stereocenters. The second-order valence-corrected chi connectivity index (χ2v) is 6.13. The minimum absolute atomic E-state index is 0.137. The number of H-pyrrole nitrogens is 1. The Morgan fingerprint density at radius 1 is 1.30 bits per heavy atom. The van der Waals surface area contributed by atoms with E-state index in [9.17, 15) is 14.4 Å². The fourth-order valence-corrected chi connectivity index (χ4v) is 3.48. The van der Waals surface area contributed by atoms with Gasteiger partial charge in [-0.25, -0.2) is 4.79 Å². The van der Waals surface area contributed by atoms with Crippen LogP contribution in [0.3, 0.4) is 0 Å². The Morgan fingerprint density at radius 3 is 2.87 bits per heavy atom. The standard InChI is InChI=1S/C16H15N3O3S/c1-10(12-9-23-13-5-3-2-4-11(12)13)17-15(21)8-19-7-6-14(20)18-16(19)22/h2-7,9-10H,8H2,1H3,(H,17,21)(H,18,20,22). The smallest absolute Gasteiger partial charge is 0.328 e. The molecule has 1 amide bonds. The first-order chi connectivity index (χ1) is 11.0. The molecule has 23 heavy (non-hydrogen) atoms. The summed E-state index contributed by atoms with van der Waals surface area (Å²) in [6.45, 7) is 1.77. The van der Waals surface area contributed by atoms with Crippen LogP contribution in [0.2, 0.25) is 0 Å². The number of carbonyl (C=O) groups excluding carboxylic acids is 1. The molecule has 0 fully saturated rings. The molecule has 1 atom stereocenters. The van der Waals surface area contributed by atoms with Gasteiger partial charge < -0.3 is 5.32 Å². The number of rotatable bonds is 4. The molecule has 3 aromatic rings. The van der Waals surface area contributed by atoms with Crippen LogP contribution in [0.15, 0.2) is 51.5 Å². The van der Waals surface area contributed by atoms with Gasteiger partial charge in [0.15, 0.2) is 0 Å². The molecule has 3 rings (SSSR count). The molecular formula is C16H15N3O3S. The summed E-state index contributed by atoms with van der Waals surface area (Å²) in [6, 6.07) is 9.05. The van der Waals surface area contributed by atoms with Gasteiger partial charge in [0.05, 0.1) is 6.04 Å². The summed E-state index contributed by atoms with van der Waals surface area (Å²) in [7, 11) is 0. The molecule has 0 saturated carbocycles. The van der Waals surface area contributed by atoms with Gasteiger partial charge in [-0.1, -0.05) is 18.2 Å². The maximum Gasteiger partial charge on any atom is 0.328 e. The lowest BCUT2D eigenvalue weighted by atomic mass is 10.1. The van der Waals surface area contributed by atoms with E-state index in [0.717, 1.165) is 15.5 Å². The third-order valence-electron chi connectivity index (χ3n) is 3.57. The minimum Gasteiger partial charge on any atom is -0.348 e. The summed E-state index contributed by atoms with van der Waals surface area (Å²) in [6.07, 6.45) is 1.31. The maximum atomic E-state index is 12.1. The Hall–Kier alpha value is -2.67. The molecule has 0 aliphatic carbocycles. The lowest BCUT2D eigenvalue weighted by Crippen LogP contribution is -2.36. The SMILES string of the molecule is CC(NC(=O)Cn1ccc(=O)[nH]c1=O)c1csc2ccccc12. The first-order valence-electron chi connectivity index (χ1n) is 7.10. The number of nitrogens with one attached hydrogen (secondary N) is 2. The number of aromatic amines is 1. The van der Waals surface area contributed by atoms with E-state index in [-0.39, 0.29) is 18.5 Å². The average Bonchev–Trinajstić information content (AvgIpc) is 2.94. The zero-order valence-corrected chi connectivity index (χ0v) is 13.2. The highest BCUT2D eigenvalue weighted by atomic mass is 32.1. The molecule has 0 aliphatic rings. The summed E-state index contributed by atoms with van der Waals surface area (Å²) < 4.78 is 2.33. The van der Waals surface area contributed by atoms with E-state index in [0.29, 0.717) is 0 Å². The van der Waals surface area contributed by atoms with Gasteiger partial charge in [-0.15, -0.1) is 11.3 Å². The monoisotopic (exact) mass is 329 g/mol. The molecule has 2 heterocycles. The number of carbonyl (C=O) groups is 1. The van der Waals surface area contributed by atoms with Gasteiger partial charge in [0.2, 0.25) is 5.91 Å². The number of thiophene rings is 1. The summed E-state index contributed by atoms with van der Waals surface area (Å²) in [5, 5.41) is 6.03. The van der Waals surface area contributed by atoms with Gasteiger partial charge in [-0.05, 0) is 29.3 Å². The van der Waals surface area contributed by atoms with E-state index < -0.39 is 11.2 Å². The van der Waals surface area contributed by atoms with Gasteiger partial charge in [0.1, 0.15) is 6.54 Å².